The second-order valence-electron chi connectivity index (χ2n) is 14.0. The van der Waals surface area contributed by atoms with Crippen LogP contribution in [0, 0.1) is 46.3 Å². The van der Waals surface area contributed by atoms with Crippen molar-refractivity contribution in [1.82, 2.24) is 4.90 Å². The molecule has 0 N–H and O–H groups in total. The summed E-state index contributed by atoms with van der Waals surface area (Å²) < 4.78 is 6.28. The molecule has 3 saturated carbocycles. The summed E-state index contributed by atoms with van der Waals surface area (Å²) in [6, 6.07) is 0. The smallest absolute Gasteiger partial charge is 0.245 e. The monoisotopic (exact) mass is 497 g/mol. The van der Waals surface area contributed by atoms with Crippen LogP contribution in [-0.4, -0.2) is 37.1 Å². The summed E-state index contributed by atoms with van der Waals surface area (Å²) in [6.07, 6.45) is 19.2. The van der Waals surface area contributed by atoms with E-state index in [9.17, 15) is 4.79 Å². The average Bonchev–Trinajstić information content (AvgIpc) is 3.20. The molecule has 4 rings (SSSR count). The highest BCUT2D eigenvalue weighted by molar-refractivity contribution is 5.86. The van der Waals surface area contributed by atoms with Gasteiger partial charge in [0.2, 0.25) is 5.91 Å². The van der Waals surface area contributed by atoms with E-state index in [2.05, 4.69) is 47.3 Å². The lowest BCUT2D eigenvalue weighted by molar-refractivity contribution is -0.125. The normalized spacial score (nSPS) is 38.5. The van der Waals surface area contributed by atoms with Crippen molar-refractivity contribution in [2.45, 2.75) is 111 Å². The van der Waals surface area contributed by atoms with Crippen LogP contribution in [0.15, 0.2) is 24.3 Å². The largest absolute Gasteiger partial charge is 0.376 e. The van der Waals surface area contributed by atoms with E-state index < -0.39 is 0 Å². The molecule has 36 heavy (non-hydrogen) atoms. The molecule has 3 fully saturated rings. The summed E-state index contributed by atoms with van der Waals surface area (Å²) in [7, 11) is 1.83. The van der Waals surface area contributed by atoms with Gasteiger partial charge in [-0.3, -0.25) is 4.79 Å². The van der Waals surface area contributed by atoms with Gasteiger partial charge in [-0.1, -0.05) is 72.1 Å². The first-order valence-corrected chi connectivity index (χ1v) is 15.3. The van der Waals surface area contributed by atoms with Crippen molar-refractivity contribution >= 4 is 5.91 Å². The van der Waals surface area contributed by atoms with E-state index in [0.29, 0.717) is 30.1 Å². The fourth-order valence-electron chi connectivity index (χ4n) is 9.42. The molecule has 0 bridgehead atoms. The number of fused-ring (bicyclic) bond motifs is 5. The molecule has 0 aromatic carbocycles. The quantitative estimate of drug-likeness (QED) is 0.226. The number of allylic oxidation sites excluding steroid dienone is 1. The molecule has 0 aromatic rings. The van der Waals surface area contributed by atoms with E-state index in [1.165, 1.54) is 63.9 Å². The number of hydrogen-bond acceptors (Lipinski definition) is 2. The van der Waals surface area contributed by atoms with E-state index in [-0.39, 0.29) is 5.91 Å². The molecule has 0 aliphatic heterocycles. The number of likely N-dealkylation sites (N-methyl/N-ethyl adjacent to an activating group) is 1. The number of ether oxygens (including phenoxy) is 1. The van der Waals surface area contributed by atoms with Crippen LogP contribution in [0.1, 0.15) is 105 Å². The van der Waals surface area contributed by atoms with Gasteiger partial charge in [0.1, 0.15) is 0 Å². The van der Waals surface area contributed by atoms with Crippen molar-refractivity contribution in [2.24, 2.45) is 46.3 Å². The molecule has 0 aromatic heterocycles. The lowest BCUT2D eigenvalue weighted by Gasteiger charge is -2.58. The van der Waals surface area contributed by atoms with Crippen LogP contribution in [0.25, 0.3) is 0 Å². The molecule has 1 amide bonds. The zero-order chi connectivity index (χ0) is 26.1. The minimum Gasteiger partial charge on any atom is -0.376 e. The fourth-order valence-corrected chi connectivity index (χ4v) is 9.42. The van der Waals surface area contributed by atoms with E-state index in [1.807, 2.05) is 7.05 Å². The third kappa shape index (κ3) is 5.38. The highest BCUT2D eigenvalue weighted by Crippen LogP contribution is 2.67. The Balaban J connectivity index is 1.37. The summed E-state index contributed by atoms with van der Waals surface area (Å²) in [5.41, 5.74) is 2.63. The molecule has 204 valence electrons. The van der Waals surface area contributed by atoms with E-state index in [4.69, 9.17) is 4.74 Å². The third-order valence-electron chi connectivity index (χ3n) is 11.6. The van der Waals surface area contributed by atoms with Crippen molar-refractivity contribution < 1.29 is 9.53 Å². The summed E-state index contributed by atoms with van der Waals surface area (Å²) in [4.78, 5) is 13.4. The number of carbonyl (C=O) groups excluding carboxylic acids is 1. The van der Waals surface area contributed by atoms with Gasteiger partial charge in [-0.05, 0) is 104 Å². The topological polar surface area (TPSA) is 29.5 Å². The molecule has 0 spiro atoms. The van der Waals surface area contributed by atoms with Crippen LogP contribution in [0.5, 0.6) is 0 Å². The van der Waals surface area contributed by atoms with E-state index in [1.54, 1.807) is 10.5 Å². The average molecular weight is 498 g/mol. The maximum Gasteiger partial charge on any atom is 0.245 e. The Hall–Kier alpha value is -1.09. The molecule has 0 radical (unpaired) electrons. The Morgan fingerprint density at radius 3 is 2.64 bits per heavy atom. The van der Waals surface area contributed by atoms with Crippen LogP contribution in [0.4, 0.5) is 0 Å². The Kier molecular flexibility index (Phi) is 8.80. The minimum absolute atomic E-state index is 0.0285. The molecule has 4 aliphatic rings. The predicted octanol–water partition coefficient (Wildman–Crippen LogP) is 8.06. The van der Waals surface area contributed by atoms with Crippen LogP contribution < -0.4 is 0 Å². The maximum atomic E-state index is 11.7. The summed E-state index contributed by atoms with van der Waals surface area (Å²) >= 11 is 0. The van der Waals surface area contributed by atoms with Gasteiger partial charge in [-0.15, -0.1) is 0 Å². The third-order valence-corrected chi connectivity index (χ3v) is 11.6. The summed E-state index contributed by atoms with van der Waals surface area (Å²) in [5.74, 6) is 5.31. The Morgan fingerprint density at radius 1 is 1.14 bits per heavy atom. The minimum atomic E-state index is -0.0285. The van der Waals surface area contributed by atoms with E-state index >= 15 is 0 Å². The van der Waals surface area contributed by atoms with Gasteiger partial charge in [0, 0.05) is 13.6 Å². The molecule has 0 heterocycles. The maximum absolute atomic E-state index is 11.7. The van der Waals surface area contributed by atoms with Gasteiger partial charge in [-0.2, -0.15) is 0 Å². The first kappa shape index (κ1) is 27.9. The first-order chi connectivity index (χ1) is 17.1. The van der Waals surface area contributed by atoms with Gasteiger partial charge < -0.3 is 9.64 Å². The molecular weight excluding hydrogens is 442 g/mol. The van der Waals surface area contributed by atoms with Crippen LogP contribution in [0.3, 0.4) is 0 Å². The van der Waals surface area contributed by atoms with Crippen molar-refractivity contribution in [3.8, 4) is 0 Å². The highest BCUT2D eigenvalue weighted by atomic mass is 16.5. The second kappa shape index (κ2) is 11.3. The van der Waals surface area contributed by atoms with Gasteiger partial charge in [0.15, 0.2) is 0 Å². The van der Waals surface area contributed by atoms with Crippen molar-refractivity contribution in [3.63, 3.8) is 0 Å². The zero-order valence-electron chi connectivity index (χ0n) is 24.4. The Bertz CT molecular complexity index is 817. The molecular formula is C33H55NO2. The van der Waals surface area contributed by atoms with Gasteiger partial charge in [-0.25, -0.2) is 0 Å². The Morgan fingerprint density at radius 2 is 1.92 bits per heavy atom. The SMILES string of the molecule is C=CC(=O)N(C)CCO[C@H]1CC[C@@]2(C)C(=CC[C@@H]3[C@@H]2CC[C@]2(C)C([C@H](C)CCCC(C)C)CC[C@@H]32)C1. The van der Waals surface area contributed by atoms with Crippen molar-refractivity contribution in [3.05, 3.63) is 24.3 Å². The number of rotatable bonds is 10. The number of nitrogens with zero attached hydrogens (tertiary/aromatic N) is 1. The molecule has 3 nitrogen and oxygen atoms in total. The van der Waals surface area contributed by atoms with Crippen molar-refractivity contribution in [1.29, 1.82) is 0 Å². The fraction of sp³-hybridized carbons (Fsp3) is 0.848. The van der Waals surface area contributed by atoms with Gasteiger partial charge in [0.05, 0.1) is 12.7 Å². The molecule has 3 heteroatoms. The first-order valence-electron chi connectivity index (χ1n) is 15.3. The summed E-state index contributed by atoms with van der Waals surface area (Å²) in [6.45, 7) is 17.5. The van der Waals surface area contributed by atoms with Crippen LogP contribution >= 0.6 is 0 Å². The van der Waals surface area contributed by atoms with Crippen LogP contribution in [-0.2, 0) is 9.53 Å². The number of amides is 1. The standard InChI is InChI=1S/C33H55NO2/c1-8-31(35)34(7)20-21-36-26-16-18-32(5)25(22-26)12-13-27-29-15-14-28(24(4)11-9-10-23(2)3)33(29,6)19-17-30(27)32/h8,12,23-24,26-30H,1,9-11,13-22H2,2-7H3/t24-,26+,27+,28?,29+,30+,32+,33-/m1/s1. The van der Waals surface area contributed by atoms with E-state index in [0.717, 1.165) is 48.3 Å². The van der Waals surface area contributed by atoms with Gasteiger partial charge >= 0.3 is 0 Å². The zero-order valence-corrected chi connectivity index (χ0v) is 24.4. The number of hydrogen-bond donors (Lipinski definition) is 0. The highest BCUT2D eigenvalue weighted by Gasteiger charge is 2.59. The lowest BCUT2D eigenvalue weighted by atomic mass is 9.47. The van der Waals surface area contributed by atoms with Crippen molar-refractivity contribution in [2.75, 3.05) is 20.2 Å². The molecule has 4 aliphatic carbocycles. The molecule has 8 atom stereocenters. The van der Waals surface area contributed by atoms with Gasteiger partial charge in [0.25, 0.3) is 0 Å². The Labute approximate surface area is 222 Å². The second-order valence-corrected chi connectivity index (χ2v) is 14.0. The lowest BCUT2D eigenvalue weighted by Crippen LogP contribution is -2.51. The van der Waals surface area contributed by atoms with Crippen LogP contribution in [0.2, 0.25) is 0 Å². The predicted molar refractivity (Wildman–Crippen MR) is 151 cm³/mol. The number of carbonyl (C=O) groups is 1. The molecule has 1 unspecified atom stereocenters. The summed E-state index contributed by atoms with van der Waals surface area (Å²) in [5, 5.41) is 0. The molecule has 0 saturated heterocycles.